The van der Waals surface area contributed by atoms with Crippen molar-refractivity contribution in [3.05, 3.63) is 90.5 Å². The van der Waals surface area contributed by atoms with Gasteiger partial charge in [0.05, 0.1) is 25.3 Å². The second kappa shape index (κ2) is 9.34. The molecule has 0 saturated carbocycles. The number of para-hydroxylation sites is 3. The maximum atomic E-state index is 13.5. The summed E-state index contributed by atoms with van der Waals surface area (Å²) >= 11 is 0. The van der Waals surface area contributed by atoms with Crippen LogP contribution in [0.25, 0.3) is 0 Å². The highest BCUT2D eigenvalue weighted by Crippen LogP contribution is 2.33. The molecule has 31 heavy (non-hydrogen) atoms. The number of anilines is 2. The fourth-order valence-corrected chi connectivity index (χ4v) is 3.70. The highest BCUT2D eigenvalue weighted by molar-refractivity contribution is 5.97. The molecule has 1 N–H and O–H groups in total. The van der Waals surface area contributed by atoms with Crippen LogP contribution in [0.15, 0.2) is 84.9 Å². The van der Waals surface area contributed by atoms with Crippen molar-refractivity contribution >= 4 is 23.2 Å². The number of hydrogen-bond acceptors (Lipinski definition) is 4. The van der Waals surface area contributed by atoms with E-state index in [2.05, 4.69) is 5.32 Å². The molecular formula is C25H25N3O3. The Morgan fingerprint density at radius 3 is 2.32 bits per heavy atom. The van der Waals surface area contributed by atoms with E-state index in [9.17, 15) is 9.59 Å². The van der Waals surface area contributed by atoms with Crippen LogP contribution in [0.5, 0.6) is 5.75 Å². The van der Waals surface area contributed by atoms with E-state index in [1.54, 1.807) is 11.9 Å². The van der Waals surface area contributed by atoms with E-state index in [-0.39, 0.29) is 18.4 Å². The first-order chi connectivity index (χ1) is 15.2. The molecule has 2 amide bonds. The van der Waals surface area contributed by atoms with Crippen molar-refractivity contribution in [1.29, 1.82) is 0 Å². The summed E-state index contributed by atoms with van der Waals surface area (Å²) in [5.41, 5.74) is 2.69. The Morgan fingerprint density at radius 1 is 0.968 bits per heavy atom. The topological polar surface area (TPSA) is 61.9 Å². The number of carbonyl (C=O) groups excluding carboxylic acids is 2. The molecule has 0 spiro atoms. The van der Waals surface area contributed by atoms with Gasteiger partial charge in [-0.3, -0.25) is 9.59 Å². The molecular weight excluding hydrogens is 390 g/mol. The molecule has 1 unspecified atom stereocenters. The molecule has 1 aliphatic heterocycles. The minimum Gasteiger partial charge on any atom is -0.477 e. The first-order valence-corrected chi connectivity index (χ1v) is 10.3. The minimum atomic E-state index is -0.674. The minimum absolute atomic E-state index is 0.0533. The molecule has 6 nitrogen and oxygen atoms in total. The summed E-state index contributed by atoms with van der Waals surface area (Å²) in [5, 5.41) is 2.63. The van der Waals surface area contributed by atoms with Gasteiger partial charge in [0.2, 0.25) is 5.91 Å². The van der Waals surface area contributed by atoms with E-state index in [1.807, 2.05) is 89.8 Å². The lowest BCUT2D eigenvalue weighted by atomic mass is 10.1. The zero-order valence-corrected chi connectivity index (χ0v) is 17.4. The van der Waals surface area contributed by atoms with Crippen LogP contribution in [-0.2, 0) is 16.1 Å². The second-order valence-corrected chi connectivity index (χ2v) is 7.37. The molecule has 4 rings (SSSR count). The molecule has 1 heterocycles. The quantitative estimate of drug-likeness (QED) is 0.672. The van der Waals surface area contributed by atoms with E-state index in [0.29, 0.717) is 18.8 Å². The van der Waals surface area contributed by atoms with Gasteiger partial charge in [-0.15, -0.1) is 0 Å². The molecule has 6 heteroatoms. The van der Waals surface area contributed by atoms with Gasteiger partial charge in [0.15, 0.2) is 6.10 Å². The summed E-state index contributed by atoms with van der Waals surface area (Å²) in [6, 6.07) is 27.0. The third-order valence-electron chi connectivity index (χ3n) is 5.28. The number of rotatable bonds is 6. The first kappa shape index (κ1) is 20.5. The monoisotopic (exact) mass is 415 g/mol. The van der Waals surface area contributed by atoms with Crippen molar-refractivity contribution < 1.29 is 14.3 Å². The Labute approximate surface area is 182 Å². The lowest BCUT2D eigenvalue weighted by Gasteiger charge is -2.36. The van der Waals surface area contributed by atoms with Crippen LogP contribution >= 0.6 is 0 Å². The van der Waals surface area contributed by atoms with Crippen molar-refractivity contribution in [2.75, 3.05) is 29.9 Å². The zero-order chi connectivity index (χ0) is 21.6. The van der Waals surface area contributed by atoms with Gasteiger partial charge in [-0.1, -0.05) is 60.7 Å². The molecule has 0 saturated heterocycles. The highest BCUT2D eigenvalue weighted by Gasteiger charge is 2.32. The fraction of sp³-hybridized carbons (Fsp3) is 0.200. The smallest absolute Gasteiger partial charge is 0.262 e. The number of benzene rings is 3. The van der Waals surface area contributed by atoms with Gasteiger partial charge in [0, 0.05) is 12.7 Å². The van der Waals surface area contributed by atoms with Crippen LogP contribution in [0.3, 0.4) is 0 Å². The van der Waals surface area contributed by atoms with Crippen molar-refractivity contribution in [1.82, 2.24) is 5.32 Å². The maximum Gasteiger partial charge on any atom is 0.262 e. The van der Waals surface area contributed by atoms with Gasteiger partial charge in [-0.25, -0.2) is 0 Å². The van der Waals surface area contributed by atoms with Crippen molar-refractivity contribution in [3.8, 4) is 5.75 Å². The number of carbonyl (C=O) groups is 2. The number of nitrogens with zero attached hydrogens (tertiary/aromatic N) is 2. The highest BCUT2D eigenvalue weighted by atomic mass is 16.5. The Hall–Kier alpha value is -3.80. The zero-order valence-electron chi connectivity index (χ0n) is 17.4. The molecule has 0 aliphatic carbocycles. The molecule has 0 aromatic heterocycles. The maximum absolute atomic E-state index is 13.5. The Kier molecular flexibility index (Phi) is 6.17. The normalized spacial score (nSPS) is 14.9. The molecule has 1 atom stereocenters. The number of fused-ring (bicyclic) bond motifs is 1. The van der Waals surface area contributed by atoms with Crippen LogP contribution in [-0.4, -0.2) is 38.1 Å². The Balaban J connectivity index is 1.61. The lowest BCUT2D eigenvalue weighted by molar-refractivity contribution is -0.127. The van der Waals surface area contributed by atoms with Gasteiger partial charge >= 0.3 is 0 Å². The average Bonchev–Trinajstić information content (AvgIpc) is 2.83. The van der Waals surface area contributed by atoms with Crippen LogP contribution in [0.4, 0.5) is 11.4 Å². The molecule has 1 aliphatic rings. The van der Waals surface area contributed by atoms with Gasteiger partial charge in [0.1, 0.15) is 5.75 Å². The van der Waals surface area contributed by atoms with Crippen LogP contribution < -0.4 is 19.9 Å². The molecule has 0 bridgehead atoms. The molecule has 3 aromatic rings. The average molecular weight is 415 g/mol. The van der Waals surface area contributed by atoms with Gasteiger partial charge in [-0.05, 0) is 29.8 Å². The largest absolute Gasteiger partial charge is 0.477 e. The standard InChI is InChI=1S/C25H25N3O3/c1-26-25(30)23-17-27(21-14-8-9-15-22(21)31-23)18-24(29)28(20-12-6-3-7-13-20)16-19-10-4-2-5-11-19/h2-15,23H,16-18H2,1H3,(H,26,30). The summed E-state index contributed by atoms with van der Waals surface area (Å²) < 4.78 is 5.86. The number of amides is 2. The van der Waals surface area contributed by atoms with E-state index in [0.717, 1.165) is 16.9 Å². The van der Waals surface area contributed by atoms with Gasteiger partial charge in [-0.2, -0.15) is 0 Å². The molecule has 158 valence electrons. The molecule has 3 aromatic carbocycles. The van der Waals surface area contributed by atoms with Gasteiger partial charge < -0.3 is 19.9 Å². The number of nitrogens with one attached hydrogen (secondary N) is 1. The Bertz CT molecular complexity index is 1040. The summed E-state index contributed by atoms with van der Waals surface area (Å²) in [4.78, 5) is 29.5. The number of hydrogen-bond donors (Lipinski definition) is 1. The third kappa shape index (κ3) is 4.69. The first-order valence-electron chi connectivity index (χ1n) is 10.3. The second-order valence-electron chi connectivity index (χ2n) is 7.37. The van der Waals surface area contributed by atoms with Crippen molar-refractivity contribution in [3.63, 3.8) is 0 Å². The summed E-state index contributed by atoms with van der Waals surface area (Å²) in [7, 11) is 1.58. The predicted molar refractivity (Wildman–Crippen MR) is 121 cm³/mol. The van der Waals surface area contributed by atoms with Crippen LogP contribution in [0.1, 0.15) is 5.56 Å². The van der Waals surface area contributed by atoms with E-state index < -0.39 is 6.10 Å². The van der Waals surface area contributed by atoms with Gasteiger partial charge in [0.25, 0.3) is 5.91 Å². The van der Waals surface area contributed by atoms with Crippen LogP contribution in [0, 0.1) is 0 Å². The van der Waals surface area contributed by atoms with Crippen LogP contribution in [0.2, 0.25) is 0 Å². The third-order valence-corrected chi connectivity index (χ3v) is 5.28. The lowest BCUT2D eigenvalue weighted by Crippen LogP contribution is -2.51. The number of likely N-dealkylation sites (N-methyl/N-ethyl adjacent to an activating group) is 1. The summed E-state index contributed by atoms with van der Waals surface area (Å²) in [6.07, 6.45) is -0.674. The summed E-state index contributed by atoms with van der Waals surface area (Å²) in [6.45, 7) is 0.903. The van der Waals surface area contributed by atoms with E-state index in [1.165, 1.54) is 0 Å². The van der Waals surface area contributed by atoms with E-state index >= 15 is 0 Å². The predicted octanol–water partition coefficient (Wildman–Crippen LogP) is 3.23. The van der Waals surface area contributed by atoms with E-state index in [4.69, 9.17) is 4.74 Å². The van der Waals surface area contributed by atoms with Crippen molar-refractivity contribution in [2.45, 2.75) is 12.6 Å². The SMILES string of the molecule is CNC(=O)C1CN(CC(=O)N(Cc2ccccc2)c2ccccc2)c2ccccc2O1. The number of ether oxygens (including phenoxy) is 1. The molecule has 0 fully saturated rings. The molecule has 0 radical (unpaired) electrons. The summed E-state index contributed by atoms with van der Waals surface area (Å²) in [5.74, 6) is 0.336. The Morgan fingerprint density at radius 2 is 1.61 bits per heavy atom. The fourth-order valence-electron chi connectivity index (χ4n) is 3.70. The van der Waals surface area contributed by atoms with Crippen molar-refractivity contribution in [2.24, 2.45) is 0 Å².